The molecule has 0 spiro atoms. The van der Waals surface area contributed by atoms with Crippen molar-refractivity contribution in [3.05, 3.63) is 39.8 Å². The summed E-state index contributed by atoms with van der Waals surface area (Å²) in [6.45, 7) is 1.01. The van der Waals surface area contributed by atoms with Crippen LogP contribution in [0.4, 0.5) is 0 Å². The molecule has 1 aromatic carbocycles. The van der Waals surface area contributed by atoms with Gasteiger partial charge in [0.05, 0.1) is 18.7 Å². The summed E-state index contributed by atoms with van der Waals surface area (Å²) in [6, 6.07) is 5.74. The number of nitrogens with one attached hydrogen (secondary N) is 1. The lowest BCUT2D eigenvalue weighted by atomic mass is 9.96. The maximum absolute atomic E-state index is 12.4. The number of carbonyl (C=O) groups excluding carboxylic acids is 1. The van der Waals surface area contributed by atoms with Gasteiger partial charge in [0.1, 0.15) is 23.1 Å². The van der Waals surface area contributed by atoms with Crippen molar-refractivity contribution in [3.8, 4) is 11.5 Å². The Morgan fingerprint density at radius 1 is 1.52 bits per heavy atom. The predicted octanol–water partition coefficient (Wildman–Crippen LogP) is 2.92. The Labute approximate surface area is 156 Å². The van der Waals surface area contributed by atoms with Crippen LogP contribution in [0.1, 0.15) is 16.3 Å². The molecular formula is C18H22N2O3S2. The summed E-state index contributed by atoms with van der Waals surface area (Å²) < 4.78 is 10.9. The first-order chi connectivity index (χ1) is 12.2. The minimum atomic E-state index is -0.150. The van der Waals surface area contributed by atoms with Crippen LogP contribution < -0.4 is 14.8 Å². The van der Waals surface area contributed by atoms with Crippen LogP contribution in [0.5, 0.6) is 11.5 Å². The number of rotatable bonds is 7. The monoisotopic (exact) mass is 378 g/mol. The van der Waals surface area contributed by atoms with Gasteiger partial charge in [-0.1, -0.05) is 6.07 Å². The molecule has 0 aliphatic carbocycles. The molecule has 0 fully saturated rings. The lowest BCUT2D eigenvalue weighted by Crippen LogP contribution is -2.38. The van der Waals surface area contributed by atoms with Gasteiger partial charge in [-0.2, -0.15) is 11.8 Å². The number of benzene rings is 1. The van der Waals surface area contributed by atoms with Gasteiger partial charge in [-0.25, -0.2) is 4.98 Å². The SMILES string of the molecule is COc1ccc2c(c1)OC[C@@H](C(=O)NCCc1csc(CSC)n1)C2. The van der Waals surface area contributed by atoms with E-state index >= 15 is 0 Å². The van der Waals surface area contributed by atoms with Crippen LogP contribution in [0.25, 0.3) is 0 Å². The average molecular weight is 379 g/mol. The van der Waals surface area contributed by atoms with Crippen LogP contribution >= 0.6 is 23.1 Å². The van der Waals surface area contributed by atoms with Crippen molar-refractivity contribution < 1.29 is 14.3 Å². The number of ether oxygens (including phenoxy) is 2. The van der Waals surface area contributed by atoms with E-state index in [-0.39, 0.29) is 11.8 Å². The molecule has 0 saturated heterocycles. The Hall–Kier alpha value is -1.73. The van der Waals surface area contributed by atoms with Crippen LogP contribution in [0, 0.1) is 5.92 Å². The van der Waals surface area contributed by atoms with Gasteiger partial charge in [-0.15, -0.1) is 11.3 Å². The highest BCUT2D eigenvalue weighted by molar-refractivity contribution is 7.97. The number of thiazole rings is 1. The fraction of sp³-hybridized carbons (Fsp3) is 0.444. The molecule has 1 aliphatic heterocycles. The second kappa shape index (κ2) is 8.58. The lowest BCUT2D eigenvalue weighted by molar-refractivity contribution is -0.126. The molecule has 1 aromatic heterocycles. The van der Waals surface area contributed by atoms with E-state index in [1.807, 2.05) is 18.2 Å². The van der Waals surface area contributed by atoms with Gasteiger partial charge in [0.25, 0.3) is 0 Å². The van der Waals surface area contributed by atoms with E-state index in [0.717, 1.165) is 39.9 Å². The van der Waals surface area contributed by atoms with Crippen molar-refractivity contribution in [2.24, 2.45) is 5.92 Å². The third-order valence-corrected chi connectivity index (χ3v) is 5.74. The van der Waals surface area contributed by atoms with Crippen molar-refractivity contribution in [2.45, 2.75) is 18.6 Å². The number of amides is 1. The first kappa shape index (κ1) is 18.1. The van der Waals surface area contributed by atoms with Crippen LogP contribution in [-0.4, -0.2) is 37.4 Å². The Morgan fingerprint density at radius 2 is 2.40 bits per heavy atom. The second-order valence-electron chi connectivity index (χ2n) is 5.89. The molecule has 1 amide bonds. The first-order valence-electron chi connectivity index (χ1n) is 8.19. The summed E-state index contributed by atoms with van der Waals surface area (Å²) in [4.78, 5) is 17.0. The number of fused-ring (bicyclic) bond motifs is 1. The normalized spacial score (nSPS) is 16.0. The maximum atomic E-state index is 12.4. The molecule has 0 saturated carbocycles. The van der Waals surface area contributed by atoms with E-state index in [0.29, 0.717) is 19.6 Å². The third kappa shape index (κ3) is 4.67. The molecule has 5 nitrogen and oxygen atoms in total. The van der Waals surface area contributed by atoms with E-state index in [2.05, 4.69) is 21.9 Å². The molecule has 2 aromatic rings. The summed E-state index contributed by atoms with van der Waals surface area (Å²) in [5.41, 5.74) is 2.10. The molecule has 1 aliphatic rings. The summed E-state index contributed by atoms with van der Waals surface area (Å²) in [6.07, 6.45) is 3.53. The summed E-state index contributed by atoms with van der Waals surface area (Å²) in [5.74, 6) is 2.42. The zero-order valence-corrected chi connectivity index (χ0v) is 16.0. The number of thioether (sulfide) groups is 1. The highest BCUT2D eigenvalue weighted by Gasteiger charge is 2.26. The van der Waals surface area contributed by atoms with E-state index < -0.39 is 0 Å². The highest BCUT2D eigenvalue weighted by Crippen LogP contribution is 2.31. The Bertz CT molecular complexity index is 733. The minimum absolute atomic E-state index is 0.0426. The fourth-order valence-corrected chi connectivity index (χ4v) is 4.31. The van der Waals surface area contributed by atoms with Gasteiger partial charge in [0.15, 0.2) is 0 Å². The van der Waals surface area contributed by atoms with Crippen molar-refractivity contribution in [1.82, 2.24) is 10.3 Å². The first-order valence-corrected chi connectivity index (χ1v) is 10.5. The number of carbonyl (C=O) groups is 1. The fourth-order valence-electron chi connectivity index (χ4n) is 2.76. The van der Waals surface area contributed by atoms with Crippen LogP contribution in [0.15, 0.2) is 23.6 Å². The molecule has 7 heteroatoms. The minimum Gasteiger partial charge on any atom is -0.497 e. The molecule has 25 heavy (non-hydrogen) atoms. The number of hydrogen-bond acceptors (Lipinski definition) is 6. The van der Waals surface area contributed by atoms with Crippen LogP contribution in [0.2, 0.25) is 0 Å². The largest absolute Gasteiger partial charge is 0.497 e. The van der Waals surface area contributed by atoms with E-state index in [9.17, 15) is 4.79 Å². The van der Waals surface area contributed by atoms with Gasteiger partial charge in [-0.05, 0) is 24.3 Å². The summed E-state index contributed by atoms with van der Waals surface area (Å²) in [7, 11) is 1.63. The van der Waals surface area contributed by atoms with Gasteiger partial charge in [0, 0.05) is 30.2 Å². The van der Waals surface area contributed by atoms with Gasteiger partial charge < -0.3 is 14.8 Å². The smallest absolute Gasteiger partial charge is 0.226 e. The molecule has 3 rings (SSSR count). The molecule has 134 valence electrons. The van der Waals surface area contributed by atoms with E-state index in [1.165, 1.54) is 0 Å². The third-order valence-electron chi connectivity index (χ3n) is 4.10. The zero-order valence-electron chi connectivity index (χ0n) is 14.4. The lowest BCUT2D eigenvalue weighted by Gasteiger charge is -2.25. The summed E-state index contributed by atoms with van der Waals surface area (Å²) in [5, 5.41) is 6.23. The van der Waals surface area contributed by atoms with Crippen LogP contribution in [-0.2, 0) is 23.4 Å². The van der Waals surface area contributed by atoms with E-state index in [4.69, 9.17) is 9.47 Å². The Kier molecular flexibility index (Phi) is 6.20. The molecular weight excluding hydrogens is 356 g/mol. The number of methoxy groups -OCH3 is 1. The second-order valence-corrected chi connectivity index (χ2v) is 7.70. The molecule has 2 heterocycles. The topological polar surface area (TPSA) is 60.5 Å². The number of nitrogens with zero attached hydrogens (tertiary/aromatic N) is 1. The zero-order chi connectivity index (χ0) is 17.6. The molecule has 1 atom stereocenters. The van der Waals surface area contributed by atoms with Gasteiger partial charge >= 0.3 is 0 Å². The quantitative estimate of drug-likeness (QED) is 0.803. The maximum Gasteiger partial charge on any atom is 0.226 e. The standard InChI is InChI=1S/C18H22N2O3S2/c1-22-15-4-3-12-7-13(9-23-16(12)8-15)18(21)19-6-5-14-10-25-17(20-14)11-24-2/h3-4,8,10,13H,5-7,9,11H2,1-2H3,(H,19,21)/t13-/m0/s1. The summed E-state index contributed by atoms with van der Waals surface area (Å²) >= 11 is 3.45. The van der Waals surface area contributed by atoms with Crippen molar-refractivity contribution in [2.75, 3.05) is 26.5 Å². The van der Waals surface area contributed by atoms with Crippen molar-refractivity contribution >= 4 is 29.0 Å². The molecule has 0 radical (unpaired) electrons. The molecule has 0 bridgehead atoms. The number of hydrogen-bond donors (Lipinski definition) is 1. The predicted molar refractivity (Wildman–Crippen MR) is 102 cm³/mol. The molecule has 0 unspecified atom stereocenters. The van der Waals surface area contributed by atoms with Crippen molar-refractivity contribution in [1.29, 1.82) is 0 Å². The van der Waals surface area contributed by atoms with Gasteiger partial charge in [-0.3, -0.25) is 4.79 Å². The number of aromatic nitrogens is 1. The Morgan fingerprint density at radius 3 is 3.20 bits per heavy atom. The Balaban J connectivity index is 1.48. The highest BCUT2D eigenvalue weighted by atomic mass is 32.2. The van der Waals surface area contributed by atoms with Gasteiger partial charge in [0.2, 0.25) is 5.91 Å². The van der Waals surface area contributed by atoms with Crippen LogP contribution in [0.3, 0.4) is 0 Å². The van der Waals surface area contributed by atoms with E-state index in [1.54, 1.807) is 30.2 Å². The average Bonchev–Trinajstić information content (AvgIpc) is 3.08. The van der Waals surface area contributed by atoms with Crippen molar-refractivity contribution in [3.63, 3.8) is 0 Å². The molecule has 1 N–H and O–H groups in total.